The van der Waals surface area contributed by atoms with E-state index in [1.165, 1.54) is 6.92 Å². The molecular weight excluding hydrogens is 378 g/mol. The lowest BCUT2D eigenvalue weighted by Crippen LogP contribution is -2.19. The molecule has 3 aromatic rings. The zero-order chi connectivity index (χ0) is 21.5. The third kappa shape index (κ3) is 5.55. The molecule has 2 aromatic carbocycles. The molecular formula is C25H25NO4. The number of aromatic nitrogens is 1. The highest BCUT2D eigenvalue weighted by Gasteiger charge is 2.13. The second-order valence-corrected chi connectivity index (χ2v) is 7.17. The fraction of sp³-hybridized carbons (Fsp3) is 0.200. The average molecular weight is 403 g/mol. The number of carboxylic acids is 1. The van der Waals surface area contributed by atoms with E-state index < -0.39 is 12.1 Å². The lowest BCUT2D eigenvalue weighted by molar-refractivity contribution is -0.148. The van der Waals surface area contributed by atoms with E-state index >= 15 is 0 Å². The average Bonchev–Trinajstić information content (AvgIpc) is 3.20. The van der Waals surface area contributed by atoms with Gasteiger partial charge in [-0.3, -0.25) is 4.79 Å². The van der Waals surface area contributed by atoms with Gasteiger partial charge in [0.1, 0.15) is 0 Å². The molecule has 154 valence electrons. The Morgan fingerprint density at radius 1 is 1.07 bits per heavy atom. The molecule has 0 bridgehead atoms. The van der Waals surface area contributed by atoms with Gasteiger partial charge in [-0.05, 0) is 37.1 Å². The molecule has 0 unspecified atom stereocenters. The van der Waals surface area contributed by atoms with Crippen molar-refractivity contribution in [3.63, 3.8) is 0 Å². The van der Waals surface area contributed by atoms with Crippen LogP contribution in [0.15, 0.2) is 72.9 Å². The van der Waals surface area contributed by atoms with Crippen LogP contribution < -0.4 is 0 Å². The summed E-state index contributed by atoms with van der Waals surface area (Å²) < 4.78 is 7.13. The minimum atomic E-state index is -0.974. The molecule has 0 fully saturated rings. The Morgan fingerprint density at radius 3 is 2.43 bits per heavy atom. The molecule has 5 nitrogen and oxygen atoms in total. The first-order valence-electron chi connectivity index (χ1n) is 9.80. The number of aliphatic carboxylic acids is 1. The van der Waals surface area contributed by atoms with Crippen molar-refractivity contribution in [3.05, 3.63) is 101 Å². The molecule has 1 N–H and O–H groups in total. The summed E-state index contributed by atoms with van der Waals surface area (Å²) >= 11 is 0. The van der Waals surface area contributed by atoms with Crippen molar-refractivity contribution < 1.29 is 19.4 Å². The number of aryl methyl sites for hydroxylation is 1. The van der Waals surface area contributed by atoms with E-state index in [2.05, 4.69) is 0 Å². The van der Waals surface area contributed by atoms with Crippen LogP contribution in [0.5, 0.6) is 0 Å². The van der Waals surface area contributed by atoms with Gasteiger partial charge >= 0.3 is 5.97 Å². The van der Waals surface area contributed by atoms with Crippen molar-refractivity contribution in [2.24, 2.45) is 0 Å². The maximum Gasteiger partial charge on any atom is 0.332 e. The molecule has 1 atom stereocenters. The number of nitrogens with zero attached hydrogens (tertiary/aromatic N) is 1. The van der Waals surface area contributed by atoms with Crippen molar-refractivity contribution in [1.29, 1.82) is 0 Å². The Bertz CT molecular complexity index is 1030. The van der Waals surface area contributed by atoms with Crippen LogP contribution in [0.1, 0.15) is 39.7 Å². The molecule has 30 heavy (non-hydrogen) atoms. The maximum absolute atomic E-state index is 12.8. The Labute approximate surface area is 176 Å². The third-order valence-electron chi connectivity index (χ3n) is 4.81. The van der Waals surface area contributed by atoms with E-state index in [9.17, 15) is 9.59 Å². The van der Waals surface area contributed by atoms with Gasteiger partial charge in [0, 0.05) is 18.3 Å². The number of carbonyl (C=O) groups is 2. The predicted octanol–water partition coefficient (Wildman–Crippen LogP) is 4.58. The fourth-order valence-electron chi connectivity index (χ4n) is 3.00. The van der Waals surface area contributed by atoms with Gasteiger partial charge in [-0.15, -0.1) is 0 Å². The molecule has 3 rings (SSSR count). The Morgan fingerprint density at radius 2 is 1.77 bits per heavy atom. The van der Waals surface area contributed by atoms with Crippen LogP contribution >= 0.6 is 0 Å². The number of hydrogen-bond acceptors (Lipinski definition) is 3. The number of ether oxygens (including phenoxy) is 1. The van der Waals surface area contributed by atoms with E-state index in [4.69, 9.17) is 9.84 Å². The zero-order valence-corrected chi connectivity index (χ0v) is 17.1. The van der Waals surface area contributed by atoms with Gasteiger partial charge in [0.05, 0.1) is 12.3 Å². The first-order chi connectivity index (χ1) is 14.4. The van der Waals surface area contributed by atoms with Gasteiger partial charge in [0.15, 0.2) is 6.10 Å². The monoisotopic (exact) mass is 403 g/mol. The van der Waals surface area contributed by atoms with Gasteiger partial charge in [0.2, 0.25) is 5.78 Å². The summed E-state index contributed by atoms with van der Waals surface area (Å²) in [5.74, 6) is -0.965. The number of rotatable bonds is 9. The van der Waals surface area contributed by atoms with E-state index in [0.29, 0.717) is 17.8 Å². The normalized spacial score (nSPS) is 12.2. The quantitative estimate of drug-likeness (QED) is 0.531. The summed E-state index contributed by atoms with van der Waals surface area (Å²) in [6.45, 7) is 4.34. The summed E-state index contributed by atoms with van der Waals surface area (Å²) in [5.41, 5.74) is 4.54. The molecule has 0 saturated heterocycles. The van der Waals surface area contributed by atoms with Crippen molar-refractivity contribution in [3.8, 4) is 0 Å². The summed E-state index contributed by atoms with van der Waals surface area (Å²) in [6.07, 6.45) is 4.77. The molecule has 0 aliphatic rings. The van der Waals surface area contributed by atoms with E-state index in [1.807, 2.05) is 84.4 Å². The van der Waals surface area contributed by atoms with Crippen LogP contribution in [0.3, 0.4) is 0 Å². The van der Waals surface area contributed by atoms with Crippen LogP contribution in [-0.2, 0) is 16.1 Å². The minimum Gasteiger partial charge on any atom is -0.479 e. The molecule has 5 heteroatoms. The minimum absolute atomic E-state index is 0.00939. The predicted molar refractivity (Wildman–Crippen MR) is 117 cm³/mol. The summed E-state index contributed by atoms with van der Waals surface area (Å²) in [7, 11) is 0. The molecule has 0 spiro atoms. The van der Waals surface area contributed by atoms with Crippen LogP contribution in [0.25, 0.3) is 6.08 Å². The molecule has 0 amide bonds. The Hall–Kier alpha value is -3.44. The standard InChI is InChI=1S/C25H25NO4/c1-18-7-13-22(14-8-18)24(27)23-6-3-15-26(23)17-21-11-9-20(10-12-21)5-4-16-30-19(2)25(28)29/h3-15,19H,16-17H2,1-2H3,(H,28,29)/b5-4+/t19-/m1/s1. The topological polar surface area (TPSA) is 68.5 Å². The van der Waals surface area contributed by atoms with Crippen molar-refractivity contribution in [2.45, 2.75) is 26.5 Å². The molecule has 0 aliphatic carbocycles. The van der Waals surface area contributed by atoms with Gasteiger partial charge < -0.3 is 14.4 Å². The van der Waals surface area contributed by atoms with E-state index in [1.54, 1.807) is 6.08 Å². The van der Waals surface area contributed by atoms with Crippen molar-refractivity contribution in [1.82, 2.24) is 4.57 Å². The molecule has 1 aromatic heterocycles. The number of benzene rings is 2. The third-order valence-corrected chi connectivity index (χ3v) is 4.81. The first-order valence-corrected chi connectivity index (χ1v) is 9.80. The zero-order valence-electron chi connectivity index (χ0n) is 17.1. The van der Waals surface area contributed by atoms with Crippen LogP contribution in [0.2, 0.25) is 0 Å². The van der Waals surface area contributed by atoms with Crippen molar-refractivity contribution in [2.75, 3.05) is 6.61 Å². The van der Waals surface area contributed by atoms with E-state index in [0.717, 1.165) is 16.7 Å². The van der Waals surface area contributed by atoms with Gasteiger partial charge in [-0.25, -0.2) is 4.79 Å². The van der Waals surface area contributed by atoms with Crippen LogP contribution in [-0.4, -0.2) is 34.1 Å². The van der Waals surface area contributed by atoms with Gasteiger partial charge in [-0.1, -0.05) is 66.2 Å². The SMILES string of the molecule is Cc1ccc(C(=O)c2cccn2Cc2ccc(/C=C/CO[C@H](C)C(=O)O)cc2)cc1. The molecule has 0 saturated carbocycles. The van der Waals surface area contributed by atoms with Gasteiger partial charge in [0.25, 0.3) is 0 Å². The lowest BCUT2D eigenvalue weighted by atomic mass is 10.1. The lowest BCUT2D eigenvalue weighted by Gasteiger charge is -2.09. The largest absolute Gasteiger partial charge is 0.479 e. The summed E-state index contributed by atoms with van der Waals surface area (Å²) in [5, 5.41) is 8.79. The number of ketones is 1. The number of hydrogen-bond donors (Lipinski definition) is 1. The number of carboxylic acid groups (broad SMARTS) is 1. The summed E-state index contributed by atoms with van der Waals surface area (Å²) in [6, 6.07) is 19.3. The smallest absolute Gasteiger partial charge is 0.332 e. The highest BCUT2D eigenvalue weighted by Crippen LogP contribution is 2.15. The van der Waals surface area contributed by atoms with Crippen LogP contribution in [0, 0.1) is 6.92 Å². The maximum atomic E-state index is 12.8. The fourth-order valence-corrected chi connectivity index (χ4v) is 3.00. The highest BCUT2D eigenvalue weighted by atomic mass is 16.5. The Balaban J connectivity index is 1.62. The first kappa shape index (κ1) is 21.3. The van der Waals surface area contributed by atoms with E-state index in [-0.39, 0.29) is 12.4 Å². The highest BCUT2D eigenvalue weighted by molar-refractivity contribution is 6.08. The van der Waals surface area contributed by atoms with Gasteiger partial charge in [-0.2, -0.15) is 0 Å². The van der Waals surface area contributed by atoms with Crippen molar-refractivity contribution >= 4 is 17.8 Å². The molecule has 0 aliphatic heterocycles. The van der Waals surface area contributed by atoms with Crippen LogP contribution in [0.4, 0.5) is 0 Å². The number of carbonyl (C=O) groups excluding carboxylic acids is 1. The molecule has 1 heterocycles. The second kappa shape index (κ2) is 9.85. The second-order valence-electron chi connectivity index (χ2n) is 7.17. The Kier molecular flexibility index (Phi) is 6.99. The molecule has 0 radical (unpaired) electrons. The summed E-state index contributed by atoms with van der Waals surface area (Å²) in [4.78, 5) is 23.6.